The van der Waals surface area contributed by atoms with Gasteiger partial charge in [0, 0.05) is 12.1 Å². The zero-order valence-corrected chi connectivity index (χ0v) is 11.2. The highest BCUT2D eigenvalue weighted by Gasteiger charge is 2.22. The van der Waals surface area contributed by atoms with E-state index in [2.05, 4.69) is 5.32 Å². The summed E-state index contributed by atoms with van der Waals surface area (Å²) in [6.45, 7) is 5.27. The summed E-state index contributed by atoms with van der Waals surface area (Å²) in [5.41, 5.74) is 0.842. The minimum Gasteiger partial charge on any atom is -0.481 e. The van der Waals surface area contributed by atoms with Crippen LogP contribution in [0.5, 0.6) is 0 Å². The Balaban J connectivity index is 2.72. The summed E-state index contributed by atoms with van der Waals surface area (Å²) in [6, 6.07) is 4.02. The number of carbonyl (C=O) groups excluding carboxylic acids is 1. The van der Waals surface area contributed by atoms with Crippen molar-refractivity contribution in [3.05, 3.63) is 35.1 Å². The molecule has 5 heteroatoms. The van der Waals surface area contributed by atoms with Gasteiger partial charge < -0.3 is 10.4 Å². The number of nitrogens with one attached hydrogen (secondary N) is 1. The van der Waals surface area contributed by atoms with Gasteiger partial charge in [-0.2, -0.15) is 0 Å². The lowest BCUT2D eigenvalue weighted by molar-refractivity contribution is -0.142. The number of benzene rings is 1. The van der Waals surface area contributed by atoms with Gasteiger partial charge in [0.05, 0.1) is 5.92 Å². The van der Waals surface area contributed by atoms with Crippen molar-refractivity contribution < 1.29 is 19.1 Å². The van der Waals surface area contributed by atoms with Gasteiger partial charge in [-0.25, -0.2) is 4.39 Å². The molecule has 0 aromatic heterocycles. The maximum Gasteiger partial charge on any atom is 0.308 e. The number of hydrogen-bond donors (Lipinski definition) is 2. The second-order valence-corrected chi connectivity index (χ2v) is 4.92. The molecule has 0 fully saturated rings. The van der Waals surface area contributed by atoms with E-state index in [1.807, 2.05) is 0 Å². The van der Waals surface area contributed by atoms with Crippen LogP contribution >= 0.6 is 0 Å². The number of rotatable bonds is 5. The van der Waals surface area contributed by atoms with Crippen LogP contribution in [0.25, 0.3) is 0 Å². The predicted octanol–water partition coefficient (Wildman–Crippen LogP) is 2.22. The summed E-state index contributed by atoms with van der Waals surface area (Å²) in [5.74, 6) is -2.64. The third-order valence-corrected chi connectivity index (χ3v) is 2.91. The molecule has 0 saturated carbocycles. The van der Waals surface area contributed by atoms with Crippen LogP contribution in [0.2, 0.25) is 0 Å². The van der Waals surface area contributed by atoms with E-state index in [1.54, 1.807) is 26.8 Å². The molecule has 2 N–H and O–H groups in total. The molecule has 1 atom stereocenters. The monoisotopic (exact) mass is 267 g/mol. The summed E-state index contributed by atoms with van der Waals surface area (Å²) in [7, 11) is 0. The van der Waals surface area contributed by atoms with Crippen molar-refractivity contribution in [1.82, 2.24) is 5.32 Å². The van der Waals surface area contributed by atoms with Crippen LogP contribution < -0.4 is 5.32 Å². The van der Waals surface area contributed by atoms with Crippen molar-refractivity contribution in [2.75, 3.05) is 6.54 Å². The number of amides is 1. The summed E-state index contributed by atoms with van der Waals surface area (Å²) in [6.07, 6.45) is 0. The number of carbonyl (C=O) groups is 2. The lowest BCUT2D eigenvalue weighted by atomic mass is 9.96. The average Bonchev–Trinajstić information content (AvgIpc) is 2.26. The predicted molar refractivity (Wildman–Crippen MR) is 69.4 cm³/mol. The van der Waals surface area contributed by atoms with E-state index in [-0.39, 0.29) is 18.0 Å². The van der Waals surface area contributed by atoms with Crippen LogP contribution in [0.4, 0.5) is 4.39 Å². The number of carboxylic acids is 1. The zero-order chi connectivity index (χ0) is 14.6. The highest BCUT2D eigenvalue weighted by Crippen LogP contribution is 2.11. The van der Waals surface area contributed by atoms with Crippen LogP contribution in [0.1, 0.15) is 29.8 Å². The molecule has 0 aliphatic carbocycles. The van der Waals surface area contributed by atoms with Crippen LogP contribution in [-0.4, -0.2) is 23.5 Å². The molecule has 0 radical (unpaired) electrons. The van der Waals surface area contributed by atoms with Gasteiger partial charge in [0.2, 0.25) is 0 Å². The largest absolute Gasteiger partial charge is 0.481 e. The van der Waals surface area contributed by atoms with Crippen LogP contribution in [-0.2, 0) is 4.79 Å². The van der Waals surface area contributed by atoms with Crippen molar-refractivity contribution >= 4 is 11.9 Å². The van der Waals surface area contributed by atoms with Crippen molar-refractivity contribution in [3.8, 4) is 0 Å². The Morgan fingerprint density at radius 1 is 1.32 bits per heavy atom. The Kier molecular flexibility index (Phi) is 5.03. The molecular weight excluding hydrogens is 249 g/mol. The second kappa shape index (κ2) is 6.31. The number of aliphatic carboxylic acids is 1. The van der Waals surface area contributed by atoms with Gasteiger partial charge >= 0.3 is 5.97 Å². The van der Waals surface area contributed by atoms with E-state index in [0.29, 0.717) is 5.56 Å². The molecule has 1 rings (SSSR count). The van der Waals surface area contributed by atoms with Gasteiger partial charge in [0.15, 0.2) is 0 Å². The highest BCUT2D eigenvalue weighted by atomic mass is 19.1. The first-order valence-electron chi connectivity index (χ1n) is 6.09. The molecule has 0 bridgehead atoms. The van der Waals surface area contributed by atoms with Gasteiger partial charge in [-0.1, -0.05) is 13.8 Å². The lowest BCUT2D eigenvalue weighted by Crippen LogP contribution is -2.35. The van der Waals surface area contributed by atoms with Crippen molar-refractivity contribution in [2.24, 2.45) is 11.8 Å². The molecule has 1 unspecified atom stereocenters. The van der Waals surface area contributed by atoms with E-state index in [0.717, 1.165) is 6.07 Å². The molecule has 104 valence electrons. The fourth-order valence-corrected chi connectivity index (χ4v) is 1.78. The van der Waals surface area contributed by atoms with Crippen molar-refractivity contribution in [1.29, 1.82) is 0 Å². The summed E-state index contributed by atoms with van der Waals surface area (Å²) in [5, 5.41) is 11.5. The number of aryl methyl sites for hydroxylation is 1. The third-order valence-electron chi connectivity index (χ3n) is 2.91. The first-order chi connectivity index (χ1) is 8.81. The average molecular weight is 267 g/mol. The number of hydrogen-bond acceptors (Lipinski definition) is 2. The second-order valence-electron chi connectivity index (χ2n) is 4.92. The smallest absolute Gasteiger partial charge is 0.308 e. The molecule has 1 amide bonds. The SMILES string of the molecule is Cc1cc(F)cc(C(=O)NCC(C(=O)O)C(C)C)c1. The van der Waals surface area contributed by atoms with Gasteiger partial charge in [-0.05, 0) is 36.6 Å². The van der Waals surface area contributed by atoms with Crippen LogP contribution in [0, 0.1) is 24.6 Å². The minimum atomic E-state index is -0.953. The van der Waals surface area contributed by atoms with Crippen LogP contribution in [0.3, 0.4) is 0 Å². The Morgan fingerprint density at radius 2 is 1.95 bits per heavy atom. The third kappa shape index (κ3) is 4.35. The van der Waals surface area contributed by atoms with E-state index in [1.165, 1.54) is 6.07 Å². The van der Waals surface area contributed by atoms with Gasteiger partial charge in [-0.3, -0.25) is 9.59 Å². The van der Waals surface area contributed by atoms with Gasteiger partial charge in [0.1, 0.15) is 5.82 Å². The molecule has 0 saturated heterocycles. The Labute approximate surface area is 111 Å². The highest BCUT2D eigenvalue weighted by molar-refractivity contribution is 5.94. The Hall–Kier alpha value is -1.91. The van der Waals surface area contributed by atoms with Gasteiger partial charge in [-0.15, -0.1) is 0 Å². The van der Waals surface area contributed by atoms with E-state index >= 15 is 0 Å². The molecule has 1 aromatic carbocycles. The van der Waals surface area contributed by atoms with Crippen LogP contribution in [0.15, 0.2) is 18.2 Å². The maximum atomic E-state index is 13.2. The molecule has 4 nitrogen and oxygen atoms in total. The fourth-order valence-electron chi connectivity index (χ4n) is 1.78. The van der Waals surface area contributed by atoms with E-state index in [9.17, 15) is 14.0 Å². The number of carboxylic acid groups (broad SMARTS) is 1. The summed E-state index contributed by atoms with van der Waals surface area (Å²) in [4.78, 5) is 22.8. The first kappa shape index (κ1) is 15.1. The van der Waals surface area contributed by atoms with E-state index < -0.39 is 23.6 Å². The minimum absolute atomic E-state index is 0.0292. The Morgan fingerprint density at radius 3 is 2.42 bits per heavy atom. The lowest BCUT2D eigenvalue weighted by Gasteiger charge is -2.16. The first-order valence-corrected chi connectivity index (χ1v) is 6.09. The maximum absolute atomic E-state index is 13.2. The summed E-state index contributed by atoms with van der Waals surface area (Å²) < 4.78 is 13.2. The quantitative estimate of drug-likeness (QED) is 0.859. The molecule has 0 spiro atoms. The topological polar surface area (TPSA) is 66.4 Å². The molecular formula is C14H18FNO3. The van der Waals surface area contributed by atoms with Crippen molar-refractivity contribution in [2.45, 2.75) is 20.8 Å². The number of halogens is 1. The zero-order valence-electron chi connectivity index (χ0n) is 11.2. The Bertz CT molecular complexity index is 465. The van der Waals surface area contributed by atoms with Gasteiger partial charge in [0.25, 0.3) is 5.91 Å². The van der Waals surface area contributed by atoms with E-state index in [4.69, 9.17) is 5.11 Å². The summed E-state index contributed by atoms with van der Waals surface area (Å²) >= 11 is 0. The fraction of sp³-hybridized carbons (Fsp3) is 0.429. The molecule has 19 heavy (non-hydrogen) atoms. The molecule has 0 aliphatic rings. The molecule has 0 heterocycles. The standard InChI is InChI=1S/C14H18FNO3/c1-8(2)12(14(18)19)7-16-13(17)10-4-9(3)5-11(15)6-10/h4-6,8,12H,7H2,1-3H3,(H,16,17)(H,18,19). The van der Waals surface area contributed by atoms with Crippen molar-refractivity contribution in [3.63, 3.8) is 0 Å². The molecule has 0 aliphatic heterocycles. The molecule has 1 aromatic rings. The normalized spacial score (nSPS) is 12.3.